The Morgan fingerprint density at radius 1 is 1.11 bits per heavy atom. The van der Waals surface area contributed by atoms with Gasteiger partial charge in [0.25, 0.3) is 0 Å². The number of rotatable bonds is 9. The third-order valence-corrected chi connectivity index (χ3v) is 6.66. The number of ketones is 1. The Bertz CT molecular complexity index is 777. The van der Waals surface area contributed by atoms with Crippen LogP contribution in [0.1, 0.15) is 38.7 Å². The van der Waals surface area contributed by atoms with Gasteiger partial charge < -0.3 is 18.5 Å². The van der Waals surface area contributed by atoms with E-state index in [1.165, 1.54) is 7.11 Å². The zero-order chi connectivity index (χ0) is 20.7. The lowest BCUT2D eigenvalue weighted by atomic mass is 9.77. The third-order valence-electron chi connectivity index (χ3n) is 4.47. The van der Waals surface area contributed by atoms with Gasteiger partial charge in [-0.3, -0.25) is 14.2 Å². The molecule has 1 aromatic carbocycles. The zero-order valence-electron chi connectivity index (χ0n) is 16.7. The predicted molar refractivity (Wildman–Crippen MR) is 104 cm³/mol. The van der Waals surface area contributed by atoms with Crippen molar-refractivity contribution in [1.29, 1.82) is 0 Å². The van der Waals surface area contributed by atoms with E-state index >= 15 is 0 Å². The lowest BCUT2D eigenvalue weighted by molar-refractivity contribution is -0.151. The molecule has 7 nitrogen and oxygen atoms in total. The summed E-state index contributed by atoms with van der Waals surface area (Å²) in [7, 11) is -2.28. The molecule has 1 aliphatic carbocycles. The smallest absolute Gasteiger partial charge is 0.364 e. The third kappa shape index (κ3) is 4.54. The van der Waals surface area contributed by atoms with E-state index < -0.39 is 31.2 Å². The highest BCUT2D eigenvalue weighted by Crippen LogP contribution is 2.59. The number of benzene rings is 1. The highest BCUT2D eigenvalue weighted by Gasteiger charge is 2.47. The van der Waals surface area contributed by atoms with E-state index in [0.29, 0.717) is 17.7 Å². The number of hydrogen-bond donors (Lipinski definition) is 0. The van der Waals surface area contributed by atoms with Crippen molar-refractivity contribution >= 4 is 19.3 Å². The molecule has 8 heteroatoms. The van der Waals surface area contributed by atoms with Gasteiger partial charge in [-0.1, -0.05) is 24.3 Å². The molecule has 2 rings (SSSR count). The van der Waals surface area contributed by atoms with Crippen LogP contribution >= 0.6 is 7.60 Å². The van der Waals surface area contributed by atoms with Crippen LogP contribution in [-0.2, 0) is 27.9 Å². The molecule has 0 heterocycles. The quantitative estimate of drug-likeness (QED) is 0.344. The summed E-state index contributed by atoms with van der Waals surface area (Å²) in [5.41, 5.74) is 0.717. The Morgan fingerprint density at radius 2 is 1.75 bits per heavy atom. The average molecular weight is 410 g/mol. The van der Waals surface area contributed by atoms with E-state index in [1.807, 2.05) is 18.2 Å². The number of allylic oxidation sites excluding steroid dienone is 2. The molecule has 0 aromatic heterocycles. The second kappa shape index (κ2) is 10.0. The molecule has 0 saturated heterocycles. The van der Waals surface area contributed by atoms with Crippen molar-refractivity contribution in [2.75, 3.05) is 26.9 Å². The van der Waals surface area contributed by atoms with Crippen LogP contribution in [0.15, 0.2) is 35.7 Å². The number of ether oxygens (including phenoxy) is 2. The number of Topliss-reactive ketones (excluding diaryl/α,β-unsaturated/α-hetero) is 1. The maximum Gasteiger partial charge on any atom is 0.364 e. The van der Waals surface area contributed by atoms with Gasteiger partial charge in [0.15, 0.2) is 5.78 Å². The fourth-order valence-electron chi connectivity index (χ4n) is 3.36. The summed E-state index contributed by atoms with van der Waals surface area (Å²) in [6, 6.07) is 7.21. The van der Waals surface area contributed by atoms with E-state index in [0.717, 1.165) is 0 Å². The molecule has 0 spiro atoms. The van der Waals surface area contributed by atoms with E-state index in [4.69, 9.17) is 18.5 Å². The molecule has 154 valence electrons. The molecule has 1 aromatic rings. The number of carbonyl (C=O) groups is 2. The second-order valence-electron chi connectivity index (χ2n) is 6.10. The van der Waals surface area contributed by atoms with E-state index in [2.05, 4.69) is 0 Å². The number of esters is 1. The van der Waals surface area contributed by atoms with Gasteiger partial charge in [-0.15, -0.1) is 0 Å². The van der Waals surface area contributed by atoms with Crippen LogP contribution in [0, 0.1) is 5.92 Å². The molecule has 0 fully saturated rings. The first kappa shape index (κ1) is 22.3. The highest BCUT2D eigenvalue weighted by molar-refractivity contribution is 7.60. The van der Waals surface area contributed by atoms with Crippen LogP contribution in [0.2, 0.25) is 0 Å². The molecule has 0 amide bonds. The maximum atomic E-state index is 13.3. The van der Waals surface area contributed by atoms with Crippen molar-refractivity contribution in [3.8, 4) is 5.75 Å². The SMILES string of the molecule is CCOC(=O)[C@@H]1C(=O)C(P(=O)(OCC)OCC)=CC[C@H]1c1ccccc1OC. The van der Waals surface area contributed by atoms with Crippen molar-refractivity contribution < 1.29 is 32.7 Å². The average Bonchev–Trinajstić information content (AvgIpc) is 2.68. The van der Waals surface area contributed by atoms with E-state index in [-0.39, 0.29) is 25.1 Å². The summed E-state index contributed by atoms with van der Waals surface area (Å²) in [5, 5.41) is -0.0830. The van der Waals surface area contributed by atoms with Gasteiger partial charge in [0.1, 0.15) is 17.0 Å². The Hall–Kier alpha value is -1.95. The molecule has 0 bridgehead atoms. The van der Waals surface area contributed by atoms with Gasteiger partial charge in [-0.25, -0.2) is 0 Å². The summed E-state index contributed by atoms with van der Waals surface area (Å²) in [6.07, 6.45) is 1.86. The topological polar surface area (TPSA) is 88.1 Å². The van der Waals surface area contributed by atoms with Crippen LogP contribution in [-0.4, -0.2) is 38.7 Å². The Balaban J connectivity index is 2.54. The fourth-order valence-corrected chi connectivity index (χ4v) is 5.13. The molecule has 2 atom stereocenters. The van der Waals surface area contributed by atoms with Crippen LogP contribution in [0.3, 0.4) is 0 Å². The van der Waals surface area contributed by atoms with Gasteiger partial charge in [0.05, 0.1) is 26.9 Å². The monoisotopic (exact) mass is 410 g/mol. The first-order valence-corrected chi connectivity index (χ1v) is 10.9. The van der Waals surface area contributed by atoms with E-state index in [9.17, 15) is 14.2 Å². The van der Waals surface area contributed by atoms with Crippen LogP contribution in [0.4, 0.5) is 0 Å². The first-order chi connectivity index (χ1) is 13.4. The van der Waals surface area contributed by atoms with Crippen molar-refractivity contribution in [3.05, 3.63) is 41.2 Å². The van der Waals surface area contributed by atoms with Crippen LogP contribution < -0.4 is 4.74 Å². The van der Waals surface area contributed by atoms with Gasteiger partial charge >= 0.3 is 13.6 Å². The normalized spacial score (nSPS) is 19.9. The largest absolute Gasteiger partial charge is 0.496 e. The van der Waals surface area contributed by atoms with Crippen molar-refractivity contribution in [3.63, 3.8) is 0 Å². The summed E-state index contributed by atoms with van der Waals surface area (Å²) in [6.45, 7) is 5.37. The molecule has 0 saturated carbocycles. The molecular formula is C20H27O7P. The second-order valence-corrected chi connectivity index (χ2v) is 8.09. The first-order valence-electron chi connectivity index (χ1n) is 9.37. The van der Waals surface area contributed by atoms with Crippen molar-refractivity contribution in [2.24, 2.45) is 5.92 Å². The summed E-state index contributed by atoms with van der Waals surface area (Å²) in [5.74, 6) is -2.32. The standard InChI is InChI=1S/C20H27O7P/c1-5-25-20(22)18-15(14-10-8-9-11-16(14)24-4)12-13-17(19(18)21)28(23,26-6-2)27-7-3/h8-11,13,15,18H,5-7,12H2,1-4H3/t15-,18-/m0/s1. The molecule has 28 heavy (non-hydrogen) atoms. The zero-order valence-corrected chi connectivity index (χ0v) is 17.6. The van der Waals surface area contributed by atoms with Crippen molar-refractivity contribution in [2.45, 2.75) is 33.1 Å². The van der Waals surface area contributed by atoms with Crippen molar-refractivity contribution in [1.82, 2.24) is 0 Å². The van der Waals surface area contributed by atoms with Gasteiger partial charge in [-0.2, -0.15) is 0 Å². The van der Waals surface area contributed by atoms with E-state index in [1.54, 1.807) is 32.9 Å². The molecule has 1 aliphatic rings. The Kier molecular flexibility index (Phi) is 7.98. The minimum Gasteiger partial charge on any atom is -0.496 e. The van der Waals surface area contributed by atoms with Crippen LogP contribution in [0.25, 0.3) is 0 Å². The Labute approximate surface area is 165 Å². The van der Waals surface area contributed by atoms with Gasteiger partial charge in [0, 0.05) is 5.92 Å². The molecule has 0 aliphatic heterocycles. The lowest BCUT2D eigenvalue weighted by Crippen LogP contribution is -2.35. The van der Waals surface area contributed by atoms with Gasteiger partial charge in [0.2, 0.25) is 0 Å². The summed E-state index contributed by atoms with van der Waals surface area (Å²) < 4.78 is 34.4. The predicted octanol–water partition coefficient (Wildman–Crippen LogP) is 4.08. The molecule has 0 radical (unpaired) electrons. The summed E-state index contributed by atoms with van der Waals surface area (Å²) >= 11 is 0. The van der Waals surface area contributed by atoms with Gasteiger partial charge in [-0.05, 0) is 38.8 Å². The minimum atomic E-state index is -3.81. The number of hydrogen-bond acceptors (Lipinski definition) is 7. The number of carbonyl (C=O) groups excluding carboxylic acids is 2. The van der Waals surface area contributed by atoms with Crippen LogP contribution in [0.5, 0.6) is 5.75 Å². The number of methoxy groups -OCH3 is 1. The Morgan fingerprint density at radius 3 is 2.32 bits per heavy atom. The molecule has 0 unspecified atom stereocenters. The highest BCUT2D eigenvalue weighted by atomic mass is 31.2. The summed E-state index contributed by atoms with van der Waals surface area (Å²) in [4.78, 5) is 26.0. The maximum absolute atomic E-state index is 13.3. The lowest BCUT2D eigenvalue weighted by Gasteiger charge is -2.31. The molecule has 0 N–H and O–H groups in total. The molecular weight excluding hydrogens is 383 g/mol. The fraction of sp³-hybridized carbons (Fsp3) is 0.500. The minimum absolute atomic E-state index is 0.0830. The number of para-hydroxylation sites is 1.